The van der Waals surface area contributed by atoms with Crippen LogP contribution in [0.5, 0.6) is 0 Å². The van der Waals surface area contributed by atoms with Crippen LogP contribution in [0, 0.1) is 20.8 Å². The predicted octanol–water partition coefficient (Wildman–Crippen LogP) is 2.12. The largest absolute Gasteiger partial charge is 0.363 e. The molecule has 1 N–H and O–H groups in total. The van der Waals surface area contributed by atoms with Gasteiger partial charge in [0.1, 0.15) is 17.2 Å². The van der Waals surface area contributed by atoms with E-state index in [1.54, 1.807) is 15.9 Å². The van der Waals surface area contributed by atoms with Crippen molar-refractivity contribution in [2.45, 2.75) is 27.3 Å². The Labute approximate surface area is 114 Å². The van der Waals surface area contributed by atoms with E-state index in [9.17, 15) is 0 Å². The van der Waals surface area contributed by atoms with Gasteiger partial charge in [0.25, 0.3) is 5.78 Å². The normalized spacial score (nSPS) is 11.1. The molecule has 7 heteroatoms. The highest BCUT2D eigenvalue weighted by Gasteiger charge is 2.07. The summed E-state index contributed by atoms with van der Waals surface area (Å²) >= 11 is 1.71. The highest BCUT2D eigenvalue weighted by Crippen LogP contribution is 2.18. The number of aromatic nitrogens is 5. The standard InChI is InChI=1S/C12H14N6S/c1-7-4-10(18-12(16-7)14-6-15-18)13-5-11-17-8(2)9(3)19-11/h4,6,13H,5H2,1-3H3. The van der Waals surface area contributed by atoms with E-state index in [1.807, 2.05) is 19.9 Å². The molecule has 0 unspecified atom stereocenters. The first-order chi connectivity index (χ1) is 9.13. The fourth-order valence-corrected chi connectivity index (χ4v) is 2.71. The van der Waals surface area contributed by atoms with E-state index in [1.165, 1.54) is 11.2 Å². The number of nitrogens with one attached hydrogen (secondary N) is 1. The van der Waals surface area contributed by atoms with E-state index >= 15 is 0 Å². The fourth-order valence-electron chi connectivity index (χ4n) is 1.84. The van der Waals surface area contributed by atoms with Gasteiger partial charge in [0.2, 0.25) is 0 Å². The average molecular weight is 274 g/mol. The zero-order chi connectivity index (χ0) is 13.4. The van der Waals surface area contributed by atoms with Gasteiger partial charge >= 0.3 is 0 Å². The zero-order valence-corrected chi connectivity index (χ0v) is 11.8. The maximum atomic E-state index is 4.51. The van der Waals surface area contributed by atoms with Gasteiger partial charge < -0.3 is 5.32 Å². The van der Waals surface area contributed by atoms with Crippen LogP contribution in [0.4, 0.5) is 5.82 Å². The highest BCUT2D eigenvalue weighted by atomic mass is 32.1. The number of nitrogens with zero attached hydrogens (tertiary/aromatic N) is 5. The number of aryl methyl sites for hydroxylation is 3. The number of anilines is 1. The van der Waals surface area contributed by atoms with Crippen molar-refractivity contribution in [3.05, 3.63) is 33.7 Å². The smallest absolute Gasteiger partial charge is 0.254 e. The molecule has 3 aromatic heterocycles. The van der Waals surface area contributed by atoms with E-state index in [4.69, 9.17) is 0 Å². The first-order valence-electron chi connectivity index (χ1n) is 5.97. The number of fused-ring (bicyclic) bond motifs is 1. The summed E-state index contributed by atoms with van der Waals surface area (Å²) in [6.45, 7) is 6.74. The van der Waals surface area contributed by atoms with Crippen LogP contribution in [0.2, 0.25) is 0 Å². The van der Waals surface area contributed by atoms with Gasteiger partial charge in [0, 0.05) is 16.6 Å². The van der Waals surface area contributed by atoms with Crippen molar-refractivity contribution in [2.75, 3.05) is 5.32 Å². The van der Waals surface area contributed by atoms with Gasteiger partial charge in [-0.05, 0) is 20.8 Å². The van der Waals surface area contributed by atoms with Gasteiger partial charge in [-0.2, -0.15) is 14.6 Å². The van der Waals surface area contributed by atoms with Crippen LogP contribution in [0.1, 0.15) is 21.3 Å². The van der Waals surface area contributed by atoms with Crippen LogP contribution >= 0.6 is 11.3 Å². The minimum atomic E-state index is 0.606. The minimum absolute atomic E-state index is 0.606. The lowest BCUT2D eigenvalue weighted by atomic mass is 10.4. The molecular formula is C12H14N6S. The number of hydrogen-bond acceptors (Lipinski definition) is 6. The monoisotopic (exact) mass is 274 g/mol. The summed E-state index contributed by atoms with van der Waals surface area (Å²) in [5, 5.41) is 8.57. The number of hydrogen-bond donors (Lipinski definition) is 1. The predicted molar refractivity (Wildman–Crippen MR) is 74.4 cm³/mol. The third kappa shape index (κ3) is 2.28. The van der Waals surface area contributed by atoms with Gasteiger partial charge in [0.15, 0.2) is 0 Å². The molecule has 0 saturated heterocycles. The van der Waals surface area contributed by atoms with E-state index in [-0.39, 0.29) is 0 Å². The first kappa shape index (κ1) is 12.0. The van der Waals surface area contributed by atoms with Crippen LogP contribution in [0.25, 0.3) is 5.78 Å². The van der Waals surface area contributed by atoms with E-state index in [0.717, 1.165) is 22.2 Å². The molecule has 3 heterocycles. The molecule has 0 aliphatic carbocycles. The Morgan fingerprint density at radius 1 is 1.26 bits per heavy atom. The summed E-state index contributed by atoms with van der Waals surface area (Å²) < 4.78 is 1.69. The van der Waals surface area contributed by atoms with Crippen molar-refractivity contribution < 1.29 is 0 Å². The average Bonchev–Trinajstić information content (AvgIpc) is 2.94. The first-order valence-corrected chi connectivity index (χ1v) is 6.79. The summed E-state index contributed by atoms with van der Waals surface area (Å²) in [7, 11) is 0. The topological polar surface area (TPSA) is 68.0 Å². The highest BCUT2D eigenvalue weighted by molar-refractivity contribution is 7.11. The van der Waals surface area contributed by atoms with Crippen LogP contribution < -0.4 is 5.32 Å². The van der Waals surface area contributed by atoms with E-state index < -0.39 is 0 Å². The SMILES string of the molecule is Cc1cc(NCc2nc(C)c(C)s2)n2ncnc2n1. The molecular weight excluding hydrogens is 260 g/mol. The third-order valence-electron chi connectivity index (χ3n) is 2.87. The van der Waals surface area contributed by atoms with Gasteiger partial charge in [0.05, 0.1) is 12.2 Å². The minimum Gasteiger partial charge on any atom is -0.363 e. The van der Waals surface area contributed by atoms with Gasteiger partial charge in [-0.3, -0.25) is 0 Å². The molecule has 19 heavy (non-hydrogen) atoms. The molecule has 0 saturated carbocycles. The molecule has 3 aromatic rings. The molecule has 6 nitrogen and oxygen atoms in total. The zero-order valence-electron chi connectivity index (χ0n) is 11.0. The summed E-state index contributed by atoms with van der Waals surface area (Å²) in [5.41, 5.74) is 2.01. The van der Waals surface area contributed by atoms with Crippen molar-refractivity contribution in [3.63, 3.8) is 0 Å². The summed E-state index contributed by atoms with van der Waals surface area (Å²) in [4.78, 5) is 14.2. The molecule has 0 fully saturated rings. The summed E-state index contributed by atoms with van der Waals surface area (Å²) in [5.74, 6) is 1.49. The molecule has 0 aliphatic heterocycles. The molecule has 3 rings (SSSR count). The Morgan fingerprint density at radius 3 is 2.84 bits per heavy atom. The fraction of sp³-hybridized carbons (Fsp3) is 0.333. The Balaban J connectivity index is 1.87. The molecule has 98 valence electrons. The maximum absolute atomic E-state index is 4.51. The van der Waals surface area contributed by atoms with Crippen molar-refractivity contribution in [3.8, 4) is 0 Å². The Kier molecular flexibility index (Phi) is 2.90. The Bertz CT molecular complexity index is 709. The Morgan fingerprint density at radius 2 is 2.11 bits per heavy atom. The molecule has 0 atom stereocenters. The molecule has 0 amide bonds. The van der Waals surface area contributed by atoms with Gasteiger partial charge in [-0.25, -0.2) is 9.97 Å². The van der Waals surface area contributed by atoms with Gasteiger partial charge in [-0.15, -0.1) is 11.3 Å². The second-order valence-electron chi connectivity index (χ2n) is 4.36. The molecule has 0 bridgehead atoms. The second-order valence-corrected chi connectivity index (χ2v) is 5.65. The second kappa shape index (κ2) is 4.58. The van der Waals surface area contributed by atoms with Crippen LogP contribution in [-0.4, -0.2) is 24.6 Å². The van der Waals surface area contributed by atoms with Crippen LogP contribution in [0.3, 0.4) is 0 Å². The summed E-state index contributed by atoms with van der Waals surface area (Å²) in [6, 6.07) is 1.95. The van der Waals surface area contributed by atoms with Crippen molar-refractivity contribution in [1.82, 2.24) is 24.6 Å². The van der Waals surface area contributed by atoms with Gasteiger partial charge in [-0.1, -0.05) is 0 Å². The van der Waals surface area contributed by atoms with Crippen molar-refractivity contribution in [2.24, 2.45) is 0 Å². The number of thiazole rings is 1. The molecule has 0 aliphatic rings. The maximum Gasteiger partial charge on any atom is 0.254 e. The van der Waals surface area contributed by atoms with Crippen LogP contribution in [-0.2, 0) is 6.54 Å². The third-order valence-corrected chi connectivity index (χ3v) is 3.95. The molecule has 0 aromatic carbocycles. The molecule has 0 radical (unpaired) electrons. The Hall–Kier alpha value is -2.02. The lowest BCUT2D eigenvalue weighted by molar-refractivity contribution is 0.913. The number of rotatable bonds is 3. The lowest BCUT2D eigenvalue weighted by Gasteiger charge is -2.06. The summed E-state index contributed by atoms with van der Waals surface area (Å²) in [6.07, 6.45) is 1.50. The van der Waals surface area contributed by atoms with Crippen LogP contribution in [0.15, 0.2) is 12.4 Å². The lowest BCUT2D eigenvalue weighted by Crippen LogP contribution is -2.06. The van der Waals surface area contributed by atoms with Crippen molar-refractivity contribution >= 4 is 22.9 Å². The van der Waals surface area contributed by atoms with E-state index in [0.29, 0.717) is 12.3 Å². The van der Waals surface area contributed by atoms with Crippen molar-refractivity contribution in [1.29, 1.82) is 0 Å². The molecule has 0 spiro atoms. The quantitative estimate of drug-likeness (QED) is 0.792. The van der Waals surface area contributed by atoms with E-state index in [2.05, 4.69) is 32.3 Å².